The van der Waals surface area contributed by atoms with Gasteiger partial charge in [-0.2, -0.15) is 0 Å². The molecule has 0 aliphatic carbocycles. The minimum atomic E-state index is -0.556. The zero-order chi connectivity index (χ0) is 13.8. The number of anilines is 2. The Kier molecular flexibility index (Phi) is 4.25. The number of hydrogen-bond donors (Lipinski definition) is 1. The molecular weight excluding hydrogens is 364 g/mol. The van der Waals surface area contributed by atoms with Gasteiger partial charge in [0.05, 0.1) is 28.8 Å². The number of nitrogens with zero attached hydrogens (tertiary/aromatic N) is 2. The second-order valence-electron chi connectivity index (χ2n) is 3.50. The number of hydrogen-bond acceptors (Lipinski definition) is 5. The van der Waals surface area contributed by atoms with Crippen LogP contribution in [0.5, 0.6) is 0 Å². The Morgan fingerprint density at radius 1 is 1.37 bits per heavy atom. The van der Waals surface area contributed by atoms with Crippen molar-refractivity contribution >= 4 is 40.1 Å². The van der Waals surface area contributed by atoms with Crippen molar-refractivity contribution in [2.45, 2.75) is 0 Å². The number of esters is 1. The van der Waals surface area contributed by atoms with E-state index >= 15 is 0 Å². The lowest BCUT2D eigenvalue weighted by molar-refractivity contribution is 0.0593. The third kappa shape index (κ3) is 3.16. The number of methoxy groups -OCH3 is 1. The largest absolute Gasteiger partial charge is 0.464 e. The van der Waals surface area contributed by atoms with E-state index in [9.17, 15) is 9.18 Å². The van der Waals surface area contributed by atoms with Crippen LogP contribution in [0.2, 0.25) is 0 Å². The molecule has 0 unspecified atom stereocenters. The van der Waals surface area contributed by atoms with Gasteiger partial charge in [-0.15, -0.1) is 0 Å². The highest BCUT2D eigenvalue weighted by Crippen LogP contribution is 2.23. The molecule has 1 heterocycles. The molecule has 0 aliphatic rings. The Morgan fingerprint density at radius 2 is 2.16 bits per heavy atom. The summed E-state index contributed by atoms with van der Waals surface area (Å²) in [6, 6.07) is 4.69. The first-order chi connectivity index (χ1) is 9.11. The Hall–Kier alpha value is -1.77. The van der Waals surface area contributed by atoms with Crippen molar-refractivity contribution in [2.75, 3.05) is 12.4 Å². The van der Waals surface area contributed by atoms with Crippen LogP contribution in [0, 0.1) is 9.39 Å². The first kappa shape index (κ1) is 13.7. The van der Waals surface area contributed by atoms with Gasteiger partial charge >= 0.3 is 5.97 Å². The predicted molar refractivity (Wildman–Crippen MR) is 75.8 cm³/mol. The average molecular weight is 373 g/mol. The summed E-state index contributed by atoms with van der Waals surface area (Å²) in [5.74, 6) is -0.458. The lowest BCUT2D eigenvalue weighted by Crippen LogP contribution is -2.06. The molecule has 0 bridgehead atoms. The zero-order valence-electron chi connectivity index (χ0n) is 9.85. The van der Waals surface area contributed by atoms with Gasteiger partial charge in [0, 0.05) is 0 Å². The summed E-state index contributed by atoms with van der Waals surface area (Å²) in [6.45, 7) is 0. The van der Waals surface area contributed by atoms with Crippen molar-refractivity contribution < 1.29 is 13.9 Å². The number of carbonyl (C=O) groups excluding carboxylic acids is 1. The topological polar surface area (TPSA) is 64.1 Å². The van der Waals surface area contributed by atoms with Crippen LogP contribution in [0.1, 0.15) is 10.5 Å². The van der Waals surface area contributed by atoms with Crippen LogP contribution in [0.25, 0.3) is 0 Å². The highest BCUT2D eigenvalue weighted by atomic mass is 127. The second kappa shape index (κ2) is 5.91. The summed E-state index contributed by atoms with van der Waals surface area (Å²) in [5, 5.41) is 2.92. The van der Waals surface area contributed by atoms with Crippen molar-refractivity contribution in [1.82, 2.24) is 9.97 Å². The maximum atomic E-state index is 13.4. The molecular formula is C12H9FIN3O2. The maximum absolute atomic E-state index is 13.4. The minimum absolute atomic E-state index is 0.113. The molecule has 0 radical (unpaired) electrons. The van der Waals surface area contributed by atoms with Gasteiger partial charge in [0.1, 0.15) is 11.6 Å². The molecule has 0 saturated heterocycles. The van der Waals surface area contributed by atoms with Crippen LogP contribution in [0.4, 0.5) is 15.9 Å². The molecule has 19 heavy (non-hydrogen) atoms. The SMILES string of the molecule is COC(=O)c1cnc(Nc2cccc(F)c2I)cn1. The summed E-state index contributed by atoms with van der Waals surface area (Å²) in [4.78, 5) is 19.1. The van der Waals surface area contributed by atoms with Gasteiger partial charge in [0.15, 0.2) is 5.69 Å². The number of halogens is 2. The third-order valence-electron chi connectivity index (χ3n) is 2.26. The van der Waals surface area contributed by atoms with E-state index in [1.807, 2.05) is 22.6 Å². The molecule has 0 fully saturated rings. The van der Waals surface area contributed by atoms with Crippen molar-refractivity contribution in [3.63, 3.8) is 0 Å². The molecule has 7 heteroatoms. The minimum Gasteiger partial charge on any atom is -0.464 e. The first-order valence-corrected chi connectivity index (χ1v) is 6.31. The monoisotopic (exact) mass is 373 g/mol. The van der Waals surface area contributed by atoms with E-state index in [1.165, 1.54) is 25.6 Å². The van der Waals surface area contributed by atoms with Crippen LogP contribution < -0.4 is 5.32 Å². The number of aromatic nitrogens is 2. The Morgan fingerprint density at radius 3 is 2.79 bits per heavy atom. The Balaban J connectivity index is 2.20. The lowest BCUT2D eigenvalue weighted by atomic mass is 10.3. The van der Waals surface area contributed by atoms with Gasteiger partial charge in [-0.3, -0.25) is 0 Å². The third-order valence-corrected chi connectivity index (χ3v) is 3.36. The fraction of sp³-hybridized carbons (Fsp3) is 0.0833. The van der Waals surface area contributed by atoms with Gasteiger partial charge in [-0.1, -0.05) is 6.07 Å². The van der Waals surface area contributed by atoms with Crippen LogP contribution in [-0.4, -0.2) is 23.0 Å². The molecule has 0 atom stereocenters. The van der Waals surface area contributed by atoms with E-state index in [0.29, 0.717) is 15.1 Å². The van der Waals surface area contributed by atoms with Gasteiger partial charge in [0.2, 0.25) is 0 Å². The normalized spacial score (nSPS) is 10.1. The highest BCUT2D eigenvalue weighted by Gasteiger charge is 2.09. The summed E-state index contributed by atoms with van der Waals surface area (Å²) < 4.78 is 18.3. The molecule has 0 aliphatic heterocycles. The highest BCUT2D eigenvalue weighted by molar-refractivity contribution is 14.1. The average Bonchev–Trinajstić information content (AvgIpc) is 2.44. The number of carbonyl (C=O) groups is 1. The van der Waals surface area contributed by atoms with Gasteiger partial charge in [-0.05, 0) is 34.7 Å². The van der Waals surface area contributed by atoms with Crippen molar-refractivity contribution in [3.8, 4) is 0 Å². The van der Waals surface area contributed by atoms with Crippen molar-refractivity contribution in [1.29, 1.82) is 0 Å². The molecule has 1 aromatic carbocycles. The van der Waals surface area contributed by atoms with Crippen molar-refractivity contribution in [3.05, 3.63) is 45.7 Å². The van der Waals surface area contributed by atoms with E-state index in [0.717, 1.165) is 0 Å². The molecule has 1 aromatic heterocycles. The van der Waals surface area contributed by atoms with E-state index in [2.05, 4.69) is 20.0 Å². The lowest BCUT2D eigenvalue weighted by Gasteiger charge is -2.08. The summed E-state index contributed by atoms with van der Waals surface area (Å²) in [7, 11) is 1.27. The summed E-state index contributed by atoms with van der Waals surface area (Å²) in [6.07, 6.45) is 2.67. The molecule has 0 amide bonds. The smallest absolute Gasteiger partial charge is 0.358 e. The van der Waals surface area contributed by atoms with E-state index < -0.39 is 5.97 Å². The Labute approximate surface area is 122 Å². The van der Waals surface area contributed by atoms with Crippen LogP contribution in [0.3, 0.4) is 0 Å². The predicted octanol–water partition coefficient (Wildman–Crippen LogP) is 2.75. The molecule has 0 spiro atoms. The fourth-order valence-corrected chi connectivity index (χ4v) is 1.84. The molecule has 1 N–H and O–H groups in total. The maximum Gasteiger partial charge on any atom is 0.358 e. The molecule has 2 rings (SSSR count). The Bertz CT molecular complexity index is 604. The fourth-order valence-electron chi connectivity index (χ4n) is 1.34. The standard InChI is InChI=1S/C12H9FIN3O2/c1-19-12(18)9-5-16-10(6-15-9)17-8-4-2-3-7(13)11(8)14/h2-6H,1H3,(H,16,17). The van der Waals surface area contributed by atoms with Crippen LogP contribution in [-0.2, 0) is 4.74 Å². The number of nitrogens with one attached hydrogen (secondary N) is 1. The summed E-state index contributed by atoms with van der Waals surface area (Å²) >= 11 is 1.90. The molecule has 2 aromatic rings. The van der Waals surface area contributed by atoms with Gasteiger partial charge in [-0.25, -0.2) is 19.2 Å². The van der Waals surface area contributed by atoms with E-state index in [4.69, 9.17) is 0 Å². The number of benzene rings is 1. The number of rotatable bonds is 3. The zero-order valence-corrected chi connectivity index (χ0v) is 12.0. The molecule has 98 valence electrons. The van der Waals surface area contributed by atoms with Crippen LogP contribution in [0.15, 0.2) is 30.6 Å². The van der Waals surface area contributed by atoms with Crippen molar-refractivity contribution in [2.24, 2.45) is 0 Å². The van der Waals surface area contributed by atoms with Crippen LogP contribution >= 0.6 is 22.6 Å². The van der Waals surface area contributed by atoms with Gasteiger partial charge < -0.3 is 10.1 Å². The van der Waals surface area contributed by atoms with E-state index in [1.54, 1.807) is 12.1 Å². The number of ether oxygens (including phenoxy) is 1. The molecule has 0 saturated carbocycles. The van der Waals surface area contributed by atoms with E-state index in [-0.39, 0.29) is 11.5 Å². The first-order valence-electron chi connectivity index (χ1n) is 5.23. The second-order valence-corrected chi connectivity index (χ2v) is 4.58. The summed E-state index contributed by atoms with van der Waals surface area (Å²) in [5.41, 5.74) is 0.697. The molecule has 5 nitrogen and oxygen atoms in total. The van der Waals surface area contributed by atoms with Gasteiger partial charge in [0.25, 0.3) is 0 Å². The quantitative estimate of drug-likeness (QED) is 0.662.